The number of fused-ring (bicyclic) bond motifs is 5. The number of phenols is 1. The second-order valence-electron chi connectivity index (χ2n) is 17.3. The number of rotatable bonds is 9. The number of halogens is 2. The Labute approximate surface area is 369 Å². The molecule has 8 nitrogen and oxygen atoms in total. The molecule has 2 unspecified atom stereocenters. The molecule has 2 saturated carbocycles. The van der Waals surface area contributed by atoms with Crippen LogP contribution < -0.4 is 0 Å². The Kier molecular flexibility index (Phi) is 16.8. The van der Waals surface area contributed by atoms with Gasteiger partial charge in [0, 0.05) is 17.5 Å². The molecule has 3 aliphatic rings. The maximum Gasteiger partial charge on any atom is 0.310 e. The van der Waals surface area contributed by atoms with Crippen molar-refractivity contribution in [2.75, 3.05) is 0 Å². The first-order chi connectivity index (χ1) is 30.0. The van der Waals surface area contributed by atoms with Gasteiger partial charge in [-0.25, -0.2) is 8.78 Å². The molecule has 2 fully saturated rings. The third-order valence-corrected chi connectivity index (χ3v) is 13.3. The number of benzene rings is 5. The minimum Gasteiger partial charge on any atom is -0.508 e. The summed E-state index contributed by atoms with van der Waals surface area (Å²) in [4.78, 5) is 31.4. The quantitative estimate of drug-likeness (QED) is 0.0982. The molecule has 0 saturated heterocycles. The zero-order valence-corrected chi connectivity index (χ0v) is 36.5. The van der Waals surface area contributed by atoms with E-state index in [0.29, 0.717) is 46.3 Å². The molecule has 0 aliphatic heterocycles. The fourth-order valence-electron chi connectivity index (χ4n) is 9.46. The average molecular weight is 863 g/mol. The maximum absolute atomic E-state index is 14.0. The molecule has 0 radical (unpaired) electrons. The van der Waals surface area contributed by atoms with Gasteiger partial charge in [-0.2, -0.15) is 0 Å². The first-order valence-electron chi connectivity index (χ1n) is 21.9. The molecule has 5 aromatic carbocycles. The smallest absolute Gasteiger partial charge is 0.310 e. The van der Waals surface area contributed by atoms with Crippen LogP contribution in [-0.2, 0) is 20.8 Å². The van der Waals surface area contributed by atoms with Gasteiger partial charge in [0.05, 0.1) is 17.9 Å². The van der Waals surface area contributed by atoms with Gasteiger partial charge in [0.15, 0.2) is 0 Å². The van der Waals surface area contributed by atoms with Crippen molar-refractivity contribution in [3.8, 4) is 28.0 Å². The number of aliphatic hydroxyl groups is 1. The Morgan fingerprint density at radius 3 is 1.67 bits per heavy atom. The van der Waals surface area contributed by atoms with Crippen LogP contribution in [0.5, 0.6) is 5.75 Å². The lowest BCUT2D eigenvalue weighted by Crippen LogP contribution is -2.43. The van der Waals surface area contributed by atoms with Gasteiger partial charge >= 0.3 is 17.9 Å². The van der Waals surface area contributed by atoms with Crippen LogP contribution in [-0.4, -0.2) is 49.5 Å². The molecule has 0 bridgehead atoms. The summed E-state index contributed by atoms with van der Waals surface area (Å²) in [5, 5.41) is 45.9. The number of aryl methyl sites for hydroxylation is 1. The van der Waals surface area contributed by atoms with Crippen molar-refractivity contribution in [1.82, 2.24) is 0 Å². The van der Waals surface area contributed by atoms with Gasteiger partial charge in [0.25, 0.3) is 0 Å². The van der Waals surface area contributed by atoms with Crippen LogP contribution in [0.2, 0.25) is 0 Å². The summed E-state index contributed by atoms with van der Waals surface area (Å²) < 4.78 is 27.9. The van der Waals surface area contributed by atoms with Gasteiger partial charge in [0.2, 0.25) is 0 Å². The maximum atomic E-state index is 14.0. The predicted octanol–water partition coefficient (Wildman–Crippen LogP) is 12.2. The molecule has 8 rings (SSSR count). The van der Waals surface area contributed by atoms with E-state index in [2.05, 4.69) is 13.0 Å². The summed E-state index contributed by atoms with van der Waals surface area (Å²) >= 11 is 0. The zero-order chi connectivity index (χ0) is 45.8. The summed E-state index contributed by atoms with van der Waals surface area (Å²) in [5.41, 5.74) is 6.47. The Morgan fingerprint density at radius 2 is 1.22 bits per heavy atom. The normalized spacial score (nSPS) is 21.4. The van der Waals surface area contributed by atoms with Gasteiger partial charge in [-0.15, -0.1) is 0 Å². The Hall–Kier alpha value is -5.87. The van der Waals surface area contributed by atoms with E-state index in [1.807, 2.05) is 79.7 Å². The lowest BCUT2D eigenvalue weighted by atomic mass is 9.55. The van der Waals surface area contributed by atoms with Gasteiger partial charge in [-0.3, -0.25) is 14.4 Å². The van der Waals surface area contributed by atoms with Crippen LogP contribution in [0.1, 0.15) is 119 Å². The average Bonchev–Trinajstić information content (AvgIpc) is 3.59. The van der Waals surface area contributed by atoms with Gasteiger partial charge < -0.3 is 25.5 Å². The van der Waals surface area contributed by atoms with Crippen LogP contribution in [0.15, 0.2) is 115 Å². The molecule has 10 heteroatoms. The fourth-order valence-corrected chi connectivity index (χ4v) is 9.46. The lowest BCUT2D eigenvalue weighted by molar-refractivity contribution is -0.139. The Balaban J connectivity index is 0.000000166. The lowest BCUT2D eigenvalue weighted by Gasteiger charge is -2.50. The topological polar surface area (TPSA) is 152 Å². The first kappa shape index (κ1) is 48.2. The summed E-state index contributed by atoms with van der Waals surface area (Å²) in [6, 6.07) is 33.4. The molecule has 3 aliphatic carbocycles. The number of aromatic hydroxyl groups is 1. The highest BCUT2D eigenvalue weighted by Crippen LogP contribution is 2.61. The number of hydrogen-bond donors (Lipinski definition) is 5. The van der Waals surface area contributed by atoms with Crippen LogP contribution in [0.4, 0.5) is 8.78 Å². The number of carboxylic acids is 3. The zero-order valence-electron chi connectivity index (χ0n) is 36.5. The van der Waals surface area contributed by atoms with Crippen molar-refractivity contribution >= 4 is 17.9 Å². The number of phenolic OH excluding ortho intramolecular Hbond substituents is 1. The molecule has 5 aromatic rings. The molecule has 63 heavy (non-hydrogen) atoms. The van der Waals surface area contributed by atoms with E-state index in [-0.39, 0.29) is 11.5 Å². The third-order valence-electron chi connectivity index (χ3n) is 13.3. The van der Waals surface area contributed by atoms with Crippen molar-refractivity contribution in [2.24, 2.45) is 17.3 Å². The molecule has 0 heterocycles. The van der Waals surface area contributed by atoms with Crippen LogP contribution in [0, 0.1) is 28.9 Å². The largest absolute Gasteiger partial charge is 0.508 e. The SMILES string of the molecule is CC(C(=O)O)c1ccc(-c2ccccc2)c(F)c1.CC(C(=O)O)c1ccc(-c2ccccc2)c(F)c1.CCCCC(=O)O.C[C@]12CC[C@@H]3c4ccc(O)cc4CC[C@H]3[C@@H]1CC[C@@H]2O. The van der Waals surface area contributed by atoms with Crippen molar-refractivity contribution in [2.45, 2.75) is 109 Å². The van der Waals surface area contributed by atoms with Crippen molar-refractivity contribution in [3.05, 3.63) is 149 Å². The molecule has 0 aromatic heterocycles. The molecular weight excluding hydrogens is 803 g/mol. The summed E-state index contributed by atoms with van der Waals surface area (Å²) in [7, 11) is 0. The van der Waals surface area contributed by atoms with E-state index in [1.165, 1.54) is 42.5 Å². The standard InChI is InChI=1S/C18H24O2.2C15H13FO2.C5H10O2/c1-18-9-8-14-13-5-3-12(19)10-11(13)2-4-15(14)16(18)6-7-17(18)20;2*1-10(15(17)18)12-7-8-13(14(16)9-12)11-5-3-2-4-6-11;1-2-3-4-5(6)7/h3,5,10,14-17,19-20H,2,4,6-9H2,1H3;2*2-10H,1H3,(H,17,18);2-4H2,1H3,(H,6,7)/t14-,15-,16+,17+,18+;;;/m1.../s1. The van der Waals surface area contributed by atoms with Crippen molar-refractivity contribution in [3.63, 3.8) is 0 Å². The number of carbonyl (C=O) groups is 3. The number of carboxylic acid groups (broad SMARTS) is 3. The van der Waals surface area contributed by atoms with Crippen LogP contribution in [0.25, 0.3) is 22.3 Å². The molecular formula is C53H60F2O8. The summed E-state index contributed by atoms with van der Waals surface area (Å²) in [6.45, 7) is 7.37. The number of aliphatic carboxylic acids is 3. The molecule has 0 spiro atoms. The van der Waals surface area contributed by atoms with Gasteiger partial charge in [-0.05, 0) is 140 Å². The van der Waals surface area contributed by atoms with Gasteiger partial charge in [-0.1, -0.05) is 111 Å². The third kappa shape index (κ3) is 12.0. The Bertz CT molecular complexity index is 2210. The van der Waals surface area contributed by atoms with E-state index < -0.39 is 41.4 Å². The number of aliphatic hydroxyl groups excluding tert-OH is 1. The summed E-state index contributed by atoms with van der Waals surface area (Å²) in [5.74, 6) is -2.32. The highest BCUT2D eigenvalue weighted by molar-refractivity contribution is 5.77. The van der Waals surface area contributed by atoms with E-state index in [4.69, 9.17) is 15.3 Å². The highest BCUT2D eigenvalue weighted by atomic mass is 19.1. The monoisotopic (exact) mass is 862 g/mol. The van der Waals surface area contributed by atoms with Crippen molar-refractivity contribution < 1.29 is 48.7 Å². The second-order valence-corrected chi connectivity index (χ2v) is 17.3. The van der Waals surface area contributed by atoms with E-state index in [1.54, 1.807) is 38.1 Å². The van der Waals surface area contributed by atoms with E-state index in [0.717, 1.165) is 49.1 Å². The van der Waals surface area contributed by atoms with Crippen LogP contribution in [0.3, 0.4) is 0 Å². The fraction of sp³-hybridized carbons (Fsp3) is 0.377. The Morgan fingerprint density at radius 1 is 0.698 bits per heavy atom. The van der Waals surface area contributed by atoms with E-state index in [9.17, 15) is 33.4 Å². The molecule has 7 atom stereocenters. The number of hydrogen-bond acceptors (Lipinski definition) is 5. The van der Waals surface area contributed by atoms with Crippen molar-refractivity contribution in [1.29, 1.82) is 0 Å². The predicted molar refractivity (Wildman–Crippen MR) is 242 cm³/mol. The molecule has 0 amide bonds. The molecule has 334 valence electrons. The van der Waals surface area contributed by atoms with Gasteiger partial charge in [0.1, 0.15) is 17.4 Å². The first-order valence-corrected chi connectivity index (χ1v) is 21.9. The summed E-state index contributed by atoms with van der Waals surface area (Å²) in [6.07, 6.45) is 8.86. The minimum atomic E-state index is -0.957. The van der Waals surface area contributed by atoms with E-state index >= 15 is 0 Å². The number of unbranched alkanes of at least 4 members (excludes halogenated alkanes) is 1. The highest BCUT2D eigenvalue weighted by Gasteiger charge is 2.54. The molecule has 5 N–H and O–H groups in total. The minimum absolute atomic E-state index is 0.0883. The second kappa shape index (κ2) is 22.0. The van der Waals surface area contributed by atoms with Crippen LogP contribution >= 0.6 is 0 Å².